The number of nitrogens with zero attached hydrogens (tertiary/aromatic N) is 2. The van der Waals surface area contributed by atoms with Crippen LogP contribution < -0.4 is 0 Å². The Morgan fingerprint density at radius 1 is 0.426 bits per heavy atom. The molecular weight excluding hydrogens is 615 g/mol. The first-order chi connectivity index (χ1) is 23.1. The van der Waals surface area contributed by atoms with Crippen LogP contribution in [0.25, 0.3) is 16.9 Å². The van der Waals surface area contributed by atoms with Crippen LogP contribution in [-0.4, -0.2) is 4.70 Å². The first-order valence-electron chi connectivity index (χ1n) is 19.6. The van der Waals surface area contributed by atoms with Crippen molar-refractivity contribution in [3.8, 4) is 0 Å². The fraction of sp³-hybridized carbons (Fsp3) is 0.636. The molecule has 1 aliphatic heterocycles. The molecule has 0 aliphatic carbocycles. The minimum absolute atomic E-state index is 1.00. The molecule has 0 saturated carbocycles. The predicted octanol–water partition coefficient (Wildman–Crippen LogP) is 15.0. The van der Waals surface area contributed by atoms with Gasteiger partial charge in [-0.2, -0.15) is 0 Å². The second kappa shape index (κ2) is 26.0. The van der Waals surface area contributed by atoms with Crippen molar-refractivity contribution in [3.05, 3.63) is 87.5 Å². The van der Waals surface area contributed by atoms with Crippen molar-refractivity contribution in [1.82, 2.24) is 0 Å². The van der Waals surface area contributed by atoms with Gasteiger partial charge in [0.05, 0.1) is 0 Å². The van der Waals surface area contributed by atoms with Crippen LogP contribution in [0.15, 0.2) is 59.7 Å². The van der Waals surface area contributed by atoms with Crippen molar-refractivity contribution in [2.45, 2.75) is 181 Å². The molecule has 0 atom stereocenters. The van der Waals surface area contributed by atoms with E-state index < -0.39 is 0 Å². The number of benzene rings is 2. The van der Waals surface area contributed by atoms with Gasteiger partial charge in [0, 0.05) is 22.3 Å². The first kappa shape index (κ1) is 41.2. The molecular formula is C44H70N2Ni. The van der Waals surface area contributed by atoms with Crippen molar-refractivity contribution in [2.75, 3.05) is 0 Å². The summed E-state index contributed by atoms with van der Waals surface area (Å²) in [6.07, 6.45) is 24.7. The zero-order valence-corrected chi connectivity index (χ0v) is 32.4. The minimum atomic E-state index is 1.00. The van der Waals surface area contributed by atoms with E-state index in [0.717, 1.165) is 73.9 Å². The topological polar surface area (TPSA) is 25.3 Å². The van der Waals surface area contributed by atoms with Gasteiger partial charge < -0.3 is 5.53 Å². The summed E-state index contributed by atoms with van der Waals surface area (Å²) in [5.74, 6) is 0. The van der Waals surface area contributed by atoms with Crippen molar-refractivity contribution < 1.29 is 19.1 Å². The van der Waals surface area contributed by atoms with Crippen molar-refractivity contribution in [1.29, 1.82) is 0 Å². The van der Waals surface area contributed by atoms with Gasteiger partial charge >= 0.3 is 64.8 Å². The molecule has 3 heteroatoms. The van der Waals surface area contributed by atoms with Crippen LogP contribution in [0.1, 0.15) is 179 Å². The standard InChI is InChI=1S/C36H52N2.2C4H9.Ni/c1-5-9-13-15-17-29-21-25-31(26-22-29)35-33(19-11-7-3)34(20-12-8-4)36(38(35)37)32-27-23-30(24-28-32)18-16-14-10-6-2;2*1-3-4-2;/h21-28H,5-20H2,1-4H3;2*1,3-4H2,2H3;. The number of allylic oxidation sites excluding steroid dienone is 2. The van der Waals surface area contributed by atoms with Crippen molar-refractivity contribution in [2.24, 2.45) is 0 Å². The summed E-state index contributed by atoms with van der Waals surface area (Å²) in [7, 11) is 0. The molecule has 2 nitrogen and oxygen atoms in total. The van der Waals surface area contributed by atoms with Crippen molar-refractivity contribution in [3.63, 3.8) is 0 Å². The fourth-order valence-corrected chi connectivity index (χ4v) is 7.56. The average Bonchev–Trinajstić information content (AvgIpc) is 3.37. The van der Waals surface area contributed by atoms with Crippen molar-refractivity contribution >= 4 is 11.4 Å². The molecule has 0 aromatic heterocycles. The second-order valence-corrected chi connectivity index (χ2v) is 14.9. The monoisotopic (exact) mass is 684 g/mol. The van der Waals surface area contributed by atoms with Crippen LogP contribution >= 0.6 is 0 Å². The molecule has 2 aromatic carbocycles. The van der Waals surface area contributed by atoms with E-state index in [0.29, 0.717) is 0 Å². The van der Waals surface area contributed by atoms with E-state index in [2.05, 4.69) is 90.1 Å². The molecule has 266 valence electrons. The van der Waals surface area contributed by atoms with E-state index in [4.69, 9.17) is 0 Å². The summed E-state index contributed by atoms with van der Waals surface area (Å²) < 4.78 is 1.53. The summed E-state index contributed by atoms with van der Waals surface area (Å²) in [5, 5.41) is 2.78. The summed E-state index contributed by atoms with van der Waals surface area (Å²) in [6, 6.07) is 18.0. The molecule has 2 aromatic rings. The number of unbranched alkanes of at least 4 members (excludes halogenated alkanes) is 10. The van der Waals surface area contributed by atoms with Gasteiger partial charge in [-0.1, -0.05) is 103 Å². The summed E-state index contributed by atoms with van der Waals surface area (Å²) >= 11 is 1.94. The van der Waals surface area contributed by atoms with E-state index in [1.807, 2.05) is 14.4 Å². The van der Waals surface area contributed by atoms with E-state index in [1.54, 1.807) is 0 Å². The Kier molecular flexibility index (Phi) is 22.7. The fourth-order valence-electron chi connectivity index (χ4n) is 6.12. The maximum atomic E-state index is 11.8. The molecule has 1 aliphatic rings. The molecule has 0 spiro atoms. The molecule has 0 fully saturated rings. The summed E-state index contributed by atoms with van der Waals surface area (Å²) in [6.45, 7) is 13.6. The second-order valence-electron chi connectivity index (χ2n) is 13.4. The Morgan fingerprint density at radius 3 is 1.13 bits per heavy atom. The van der Waals surface area contributed by atoms with Crippen LogP contribution in [-0.2, 0) is 27.3 Å². The third-order valence-corrected chi connectivity index (χ3v) is 10.6. The number of rotatable bonds is 24. The van der Waals surface area contributed by atoms with Gasteiger partial charge in [-0.3, -0.25) is 0 Å². The van der Waals surface area contributed by atoms with E-state index in [1.165, 1.54) is 115 Å². The van der Waals surface area contributed by atoms with E-state index in [-0.39, 0.29) is 0 Å². The van der Waals surface area contributed by atoms with Crippen LogP contribution in [0.4, 0.5) is 0 Å². The Hall–Kier alpha value is -1.99. The molecule has 0 N–H and O–H groups in total. The van der Waals surface area contributed by atoms with Gasteiger partial charge in [-0.25, -0.2) is 4.70 Å². The molecule has 0 saturated heterocycles. The zero-order chi connectivity index (χ0) is 34.1. The molecule has 3 rings (SSSR count). The molecule has 0 bridgehead atoms. The number of hydrogen-bond acceptors (Lipinski definition) is 0. The Bertz CT molecular complexity index is 1080. The first-order valence-corrected chi connectivity index (χ1v) is 21.0. The average molecular weight is 686 g/mol. The van der Waals surface area contributed by atoms with Gasteiger partial charge in [0.15, 0.2) is 0 Å². The van der Waals surface area contributed by atoms with E-state index in [9.17, 15) is 5.53 Å². The van der Waals surface area contributed by atoms with Gasteiger partial charge in [-0.05, 0) is 86.8 Å². The normalized spacial score (nSPS) is 13.1. The van der Waals surface area contributed by atoms with Crippen LogP contribution in [0.5, 0.6) is 0 Å². The molecule has 0 unspecified atom stereocenters. The SMILES string of the molecule is CCCCCCc1ccc(C2=C(CCCC)C(CCCC)=C(c3ccc(CCCCCC)cc3)[N+]2=[N-])cc1.CCC[CH2][Ni][CH2]CCC. The van der Waals surface area contributed by atoms with Crippen LogP contribution in [0.2, 0.25) is 10.8 Å². The molecule has 47 heavy (non-hydrogen) atoms. The van der Waals surface area contributed by atoms with Gasteiger partial charge in [0.2, 0.25) is 11.4 Å². The zero-order valence-electron chi connectivity index (χ0n) is 31.4. The Balaban J connectivity index is 0.000000745. The predicted molar refractivity (Wildman–Crippen MR) is 205 cm³/mol. The third kappa shape index (κ3) is 15.0. The maximum absolute atomic E-state index is 11.8. The summed E-state index contributed by atoms with van der Waals surface area (Å²) in [4.78, 5) is 0. The van der Waals surface area contributed by atoms with Gasteiger partial charge in [-0.15, -0.1) is 0 Å². The van der Waals surface area contributed by atoms with E-state index >= 15 is 0 Å². The summed E-state index contributed by atoms with van der Waals surface area (Å²) in [5.41, 5.74) is 21.5. The van der Waals surface area contributed by atoms with Gasteiger partial charge in [0.1, 0.15) is 0 Å². The molecule has 1 heterocycles. The number of aryl methyl sites for hydroxylation is 2. The third-order valence-electron chi connectivity index (χ3n) is 9.17. The number of hydrogen-bond donors (Lipinski definition) is 0. The quantitative estimate of drug-likeness (QED) is 0.0597. The molecule has 0 amide bonds. The Labute approximate surface area is 297 Å². The Morgan fingerprint density at radius 2 is 0.787 bits per heavy atom. The molecule has 0 radical (unpaired) electrons. The van der Waals surface area contributed by atoms with Gasteiger partial charge in [0.25, 0.3) is 0 Å². The van der Waals surface area contributed by atoms with Crippen LogP contribution in [0.3, 0.4) is 0 Å². The van der Waals surface area contributed by atoms with Crippen LogP contribution in [0, 0.1) is 0 Å².